The largest absolute Gasteiger partial charge is 0.360 e. The number of nitrogens with one attached hydrogen (secondary N) is 2. The van der Waals surface area contributed by atoms with Crippen LogP contribution in [0, 0.1) is 5.82 Å². The predicted octanol–water partition coefficient (Wildman–Crippen LogP) is 3.79. The molecule has 0 radical (unpaired) electrons. The van der Waals surface area contributed by atoms with Crippen molar-refractivity contribution in [3.63, 3.8) is 0 Å². The van der Waals surface area contributed by atoms with E-state index in [1.54, 1.807) is 29.5 Å². The number of halogens is 1. The molecule has 8 nitrogen and oxygen atoms in total. The zero-order valence-electron chi connectivity index (χ0n) is 15.5. The highest BCUT2D eigenvalue weighted by atomic mass is 19.1. The Kier molecular flexibility index (Phi) is 4.12. The van der Waals surface area contributed by atoms with Crippen molar-refractivity contribution in [2.24, 2.45) is 0 Å². The summed E-state index contributed by atoms with van der Waals surface area (Å²) in [5.41, 5.74) is 3.57. The van der Waals surface area contributed by atoms with Gasteiger partial charge in [0.25, 0.3) is 0 Å². The van der Waals surface area contributed by atoms with Gasteiger partial charge in [-0.05, 0) is 30.7 Å². The number of hydrogen-bond donors (Lipinski definition) is 2. The summed E-state index contributed by atoms with van der Waals surface area (Å²) in [5, 5.41) is 9.12. The highest BCUT2D eigenvalue weighted by Gasteiger charge is 2.21. The molecule has 1 unspecified atom stereocenters. The molecular weight excluding hydrogens is 371 g/mol. The molecule has 1 atom stereocenters. The monoisotopic (exact) mass is 388 g/mol. The standard InChI is InChI=1S/C20H17FN8/c1-2-15(27-20-18-19(24-10-23-18)25-11-26-20)17-14-6-5-12(21)8-16(14)29(28-17)13-4-3-7-22-9-13/h3-11,15H,2H2,1H3,(H2,23,24,25,26,27). The molecular formula is C20H17FN8. The van der Waals surface area contributed by atoms with Crippen LogP contribution in [0.5, 0.6) is 0 Å². The third-order valence-electron chi connectivity index (χ3n) is 4.83. The zero-order valence-corrected chi connectivity index (χ0v) is 15.5. The van der Waals surface area contributed by atoms with Crippen molar-refractivity contribution >= 4 is 27.9 Å². The average molecular weight is 388 g/mol. The van der Waals surface area contributed by atoms with Crippen LogP contribution in [0.1, 0.15) is 25.1 Å². The molecule has 0 saturated carbocycles. The summed E-state index contributed by atoms with van der Waals surface area (Å²) >= 11 is 0. The second-order valence-electron chi connectivity index (χ2n) is 6.60. The SMILES string of the molecule is CCC(Nc1ncnc2nc[nH]c12)c1nn(-c2cccnc2)c2cc(F)ccc12. The predicted molar refractivity (Wildman–Crippen MR) is 107 cm³/mol. The van der Waals surface area contributed by atoms with Crippen molar-refractivity contribution in [2.45, 2.75) is 19.4 Å². The van der Waals surface area contributed by atoms with Crippen LogP contribution in [0.2, 0.25) is 0 Å². The zero-order chi connectivity index (χ0) is 19.8. The van der Waals surface area contributed by atoms with Crippen LogP contribution in [-0.4, -0.2) is 34.7 Å². The number of imidazole rings is 1. The first-order chi connectivity index (χ1) is 14.2. The summed E-state index contributed by atoms with van der Waals surface area (Å²) in [6.45, 7) is 2.06. The van der Waals surface area contributed by atoms with Crippen LogP contribution in [0.15, 0.2) is 55.4 Å². The van der Waals surface area contributed by atoms with Crippen molar-refractivity contribution in [3.05, 3.63) is 66.9 Å². The minimum Gasteiger partial charge on any atom is -0.360 e. The lowest BCUT2D eigenvalue weighted by molar-refractivity contribution is 0.629. The fourth-order valence-corrected chi connectivity index (χ4v) is 3.45. The lowest BCUT2D eigenvalue weighted by atomic mass is 10.1. The third-order valence-corrected chi connectivity index (χ3v) is 4.83. The number of rotatable bonds is 5. The Balaban J connectivity index is 1.64. The van der Waals surface area contributed by atoms with Gasteiger partial charge >= 0.3 is 0 Å². The molecule has 2 N–H and O–H groups in total. The molecule has 9 heteroatoms. The Morgan fingerprint density at radius 1 is 1.21 bits per heavy atom. The van der Waals surface area contributed by atoms with Gasteiger partial charge in [0.15, 0.2) is 11.5 Å². The van der Waals surface area contributed by atoms with E-state index < -0.39 is 0 Å². The number of anilines is 1. The van der Waals surface area contributed by atoms with Crippen LogP contribution in [-0.2, 0) is 0 Å². The summed E-state index contributed by atoms with van der Waals surface area (Å²) < 4.78 is 15.7. The molecule has 1 aromatic carbocycles. The maximum absolute atomic E-state index is 14.0. The summed E-state index contributed by atoms with van der Waals surface area (Å²) in [6, 6.07) is 8.27. The van der Waals surface area contributed by atoms with Gasteiger partial charge in [0, 0.05) is 17.6 Å². The van der Waals surface area contributed by atoms with Crippen molar-refractivity contribution in [2.75, 3.05) is 5.32 Å². The van der Waals surface area contributed by atoms with Crippen LogP contribution < -0.4 is 5.32 Å². The number of benzene rings is 1. The van der Waals surface area contributed by atoms with Gasteiger partial charge in [-0.15, -0.1) is 0 Å². The van der Waals surface area contributed by atoms with Crippen molar-refractivity contribution < 1.29 is 4.39 Å². The average Bonchev–Trinajstić information content (AvgIpc) is 3.37. The molecule has 0 aliphatic rings. The van der Waals surface area contributed by atoms with E-state index >= 15 is 0 Å². The number of fused-ring (bicyclic) bond motifs is 2. The van der Waals surface area contributed by atoms with Gasteiger partial charge in [0.2, 0.25) is 0 Å². The Morgan fingerprint density at radius 2 is 2.14 bits per heavy atom. The second kappa shape index (κ2) is 6.93. The summed E-state index contributed by atoms with van der Waals surface area (Å²) in [4.78, 5) is 19.9. The molecule has 0 saturated heterocycles. The fraction of sp³-hybridized carbons (Fsp3) is 0.150. The van der Waals surface area contributed by atoms with Crippen molar-refractivity contribution in [3.8, 4) is 5.69 Å². The van der Waals surface area contributed by atoms with Crippen molar-refractivity contribution in [1.82, 2.24) is 34.7 Å². The molecule has 0 bridgehead atoms. The van der Waals surface area contributed by atoms with E-state index in [0.29, 0.717) is 17.0 Å². The highest BCUT2D eigenvalue weighted by molar-refractivity contribution is 5.86. The molecule has 5 aromatic rings. The Hall–Kier alpha value is -3.88. The number of aromatic nitrogens is 7. The molecule has 0 aliphatic heterocycles. The molecule has 0 aliphatic carbocycles. The summed E-state index contributed by atoms with van der Waals surface area (Å²) in [5.74, 6) is 0.329. The van der Waals surface area contributed by atoms with E-state index in [9.17, 15) is 4.39 Å². The Morgan fingerprint density at radius 3 is 2.97 bits per heavy atom. The third kappa shape index (κ3) is 2.96. The number of pyridine rings is 1. The minimum absolute atomic E-state index is 0.151. The molecule has 144 valence electrons. The molecule has 4 heterocycles. The number of hydrogen-bond acceptors (Lipinski definition) is 6. The van der Waals surface area contributed by atoms with E-state index in [-0.39, 0.29) is 11.9 Å². The van der Waals surface area contributed by atoms with Crippen LogP contribution in [0.3, 0.4) is 0 Å². The Bertz CT molecular complexity index is 1290. The normalized spacial score (nSPS) is 12.5. The molecule has 29 heavy (non-hydrogen) atoms. The second-order valence-corrected chi connectivity index (χ2v) is 6.60. The molecule has 4 aromatic heterocycles. The van der Waals surface area contributed by atoms with Gasteiger partial charge in [0.05, 0.1) is 35.5 Å². The smallest absolute Gasteiger partial charge is 0.182 e. The molecule has 0 fully saturated rings. The van der Waals surface area contributed by atoms with Gasteiger partial charge in [-0.25, -0.2) is 24.0 Å². The van der Waals surface area contributed by atoms with Crippen LogP contribution >= 0.6 is 0 Å². The van der Waals surface area contributed by atoms with Crippen LogP contribution in [0.25, 0.3) is 27.8 Å². The van der Waals surface area contributed by atoms with E-state index in [4.69, 9.17) is 5.10 Å². The molecule has 5 rings (SSSR count). The van der Waals surface area contributed by atoms with Gasteiger partial charge in [0.1, 0.15) is 17.7 Å². The minimum atomic E-state index is -0.315. The van der Waals surface area contributed by atoms with Gasteiger partial charge in [-0.2, -0.15) is 5.10 Å². The quantitative estimate of drug-likeness (QED) is 0.475. The molecule has 0 amide bonds. The summed E-state index contributed by atoms with van der Waals surface area (Å²) in [6.07, 6.45) is 7.20. The van der Waals surface area contributed by atoms with E-state index in [1.807, 2.05) is 12.1 Å². The number of aromatic amines is 1. The van der Waals surface area contributed by atoms with Crippen LogP contribution in [0.4, 0.5) is 10.2 Å². The Labute approximate surface area is 164 Å². The van der Waals surface area contributed by atoms with E-state index in [0.717, 1.165) is 28.7 Å². The fourth-order valence-electron chi connectivity index (χ4n) is 3.45. The van der Waals surface area contributed by atoms with E-state index in [1.165, 1.54) is 18.5 Å². The number of H-pyrrole nitrogens is 1. The number of nitrogens with zero attached hydrogens (tertiary/aromatic N) is 6. The van der Waals surface area contributed by atoms with Crippen molar-refractivity contribution in [1.29, 1.82) is 0 Å². The van der Waals surface area contributed by atoms with Gasteiger partial charge < -0.3 is 10.3 Å². The lowest BCUT2D eigenvalue weighted by Gasteiger charge is -2.16. The first-order valence-electron chi connectivity index (χ1n) is 9.24. The van der Waals surface area contributed by atoms with Gasteiger partial charge in [-0.3, -0.25) is 4.98 Å². The lowest BCUT2D eigenvalue weighted by Crippen LogP contribution is -2.13. The first kappa shape index (κ1) is 17.2. The topological polar surface area (TPSA) is 97.2 Å². The highest BCUT2D eigenvalue weighted by Crippen LogP contribution is 2.31. The first-order valence-corrected chi connectivity index (χ1v) is 9.24. The van der Waals surface area contributed by atoms with E-state index in [2.05, 4.69) is 37.2 Å². The van der Waals surface area contributed by atoms with Gasteiger partial charge in [-0.1, -0.05) is 6.92 Å². The summed E-state index contributed by atoms with van der Waals surface area (Å²) in [7, 11) is 0. The molecule has 0 spiro atoms. The maximum Gasteiger partial charge on any atom is 0.182 e. The maximum atomic E-state index is 14.0.